The maximum atomic E-state index is 2.50. The zero-order valence-corrected chi connectivity index (χ0v) is 21.0. The Labute approximate surface area is 173 Å². The summed E-state index contributed by atoms with van der Waals surface area (Å²) in [5.41, 5.74) is 0. The molecule has 0 aliphatic carbocycles. The summed E-state index contributed by atoms with van der Waals surface area (Å²) in [7, 11) is 5.01. The Morgan fingerprint density at radius 2 is 1.18 bits per heavy atom. The molecular weight excluding hydrogens is 450 g/mol. The predicted molar refractivity (Wildman–Crippen MR) is 110 cm³/mol. The first kappa shape index (κ1) is 16.6. The fourth-order valence-corrected chi connectivity index (χ4v) is 95.0. The van der Waals surface area contributed by atoms with Gasteiger partial charge in [-0.2, -0.15) is 0 Å². The van der Waals surface area contributed by atoms with E-state index in [-0.39, 0.29) is 17.0 Å². The standard InChI is InChI=1S/C20H36N.C5H5.BrH.Fe/c1-4-5-6-7-8-9-10-11-12-17-20(21(2)3)18-19-15-13-14-16-19;1-2-4-5-3-1;;/h13-16,20H,4-12,17-18H2,1-3H3;1-5H;1H;. The monoisotopic (exact) mass is 491 g/mol. The fourth-order valence-electron chi connectivity index (χ4n) is 19.9. The molecule has 10 aliphatic rings. The Hall–Kier alpha value is 0.959. The average molecular weight is 492 g/mol. The Balaban J connectivity index is 0.00000130. The summed E-state index contributed by atoms with van der Waals surface area (Å²) in [6, 6.07) is 1.04. The van der Waals surface area contributed by atoms with Crippen molar-refractivity contribution < 1.29 is 28.4 Å². The number of fused-ring (bicyclic) bond motifs is 10. The van der Waals surface area contributed by atoms with Crippen LogP contribution in [0.25, 0.3) is 0 Å². The third kappa shape index (κ3) is 0.332. The van der Waals surface area contributed by atoms with E-state index >= 15 is 0 Å². The number of halogens is 1. The number of nitrogens with one attached hydrogen (secondary N) is 1. The van der Waals surface area contributed by atoms with Crippen LogP contribution >= 0.6 is 0 Å². The molecule has 10 saturated heterocycles. The Morgan fingerprint density at radius 3 is 1.54 bits per heavy atom. The molecule has 10 fully saturated rings. The van der Waals surface area contributed by atoms with Crippen molar-refractivity contribution in [2.24, 2.45) is 0 Å². The van der Waals surface area contributed by atoms with E-state index in [1.54, 1.807) is 12.8 Å². The van der Waals surface area contributed by atoms with Crippen LogP contribution in [0.1, 0.15) is 77.6 Å². The SMILES string of the molecule is CCCCCCCCCCCC(C[C]12[CH]3[CH]4[CH]5[CH]1[Fe]45321678[CH]2[CH]1[CH]6[CH]7[CH]28)[NH+](C)C.[Br-]. The molecule has 0 aromatic rings. The second-order valence-corrected chi connectivity index (χ2v) is 39.1. The topological polar surface area (TPSA) is 4.44 Å². The minimum absolute atomic E-state index is 0. The number of rotatable bonds is 13. The summed E-state index contributed by atoms with van der Waals surface area (Å²) >= 11 is 0. The first-order valence-corrected chi connectivity index (χ1v) is 19.2. The Kier molecular flexibility index (Phi) is 1.31. The normalized spacial score (nSPS) is 78.1. The number of hydrogen-bond donors (Lipinski definition) is 1. The molecule has 10 rings (SSSR count). The molecule has 1 spiro atoms. The molecule has 1 N–H and O–H groups in total. The zero-order chi connectivity index (χ0) is 17.9. The van der Waals surface area contributed by atoms with Gasteiger partial charge in [0.05, 0.1) is 0 Å². The first-order chi connectivity index (χ1) is 12.9. The van der Waals surface area contributed by atoms with Gasteiger partial charge in [-0.1, -0.05) is 13.3 Å². The molecule has 0 bridgehead atoms. The van der Waals surface area contributed by atoms with Gasteiger partial charge in [0.25, 0.3) is 0 Å². The van der Waals surface area contributed by atoms with Crippen molar-refractivity contribution in [3.05, 3.63) is 0 Å². The first-order valence-electron chi connectivity index (χ1n) is 12.9. The van der Waals surface area contributed by atoms with Crippen LogP contribution in [-0.4, -0.2) is 20.1 Å². The molecule has 3 heteroatoms. The summed E-state index contributed by atoms with van der Waals surface area (Å²) in [5.74, 6) is 0. The van der Waals surface area contributed by atoms with Crippen LogP contribution in [0.2, 0.25) is 47.7 Å². The maximum absolute atomic E-state index is 2.80. The molecule has 5 unspecified atom stereocenters. The van der Waals surface area contributed by atoms with Crippen molar-refractivity contribution in [3.8, 4) is 0 Å². The van der Waals surface area contributed by atoms with Crippen molar-refractivity contribution in [2.75, 3.05) is 14.1 Å². The van der Waals surface area contributed by atoms with Gasteiger partial charge in [0.15, 0.2) is 0 Å². The summed E-state index contributed by atoms with van der Waals surface area (Å²) in [4.78, 5) is 15.6. The molecule has 1 nitrogen and oxygen atoms in total. The molecule has 162 valence electrons. The van der Waals surface area contributed by atoms with Crippen molar-refractivity contribution in [2.45, 2.75) is 131 Å². The van der Waals surface area contributed by atoms with E-state index in [1.165, 1.54) is 105 Å². The molecule has 10 aliphatic heterocycles. The van der Waals surface area contributed by atoms with Crippen LogP contribution in [0.4, 0.5) is 0 Å². The molecule has 0 radical (unpaired) electrons. The fraction of sp³-hybridized carbons (Fsp3) is 1.00. The molecular formula is C25H42BrFeN. The second kappa shape index (κ2) is 2.21. The van der Waals surface area contributed by atoms with E-state index in [0.29, 0.717) is 0 Å². The Morgan fingerprint density at radius 1 is 0.714 bits per heavy atom. The van der Waals surface area contributed by atoms with Gasteiger partial charge < -0.3 is 17.0 Å². The molecule has 5 atom stereocenters. The van der Waals surface area contributed by atoms with Gasteiger partial charge in [-0.15, -0.1) is 0 Å². The van der Waals surface area contributed by atoms with Crippen LogP contribution in [0.5, 0.6) is 0 Å². The maximum Gasteiger partial charge on any atom is -1.00 e. The second-order valence-electron chi connectivity index (χ2n) is 15.4. The van der Waals surface area contributed by atoms with Crippen LogP contribution in [0.3, 0.4) is 0 Å². The van der Waals surface area contributed by atoms with Crippen molar-refractivity contribution >= 4 is 0 Å². The van der Waals surface area contributed by atoms with E-state index in [9.17, 15) is 0 Å². The van der Waals surface area contributed by atoms with E-state index in [4.69, 9.17) is 0 Å². The van der Waals surface area contributed by atoms with Crippen LogP contribution in [0.15, 0.2) is 0 Å². The van der Waals surface area contributed by atoms with Gasteiger partial charge >= 0.3 is 143 Å². The minimum atomic E-state index is -2.80. The van der Waals surface area contributed by atoms with Crippen LogP contribution in [0, 0.1) is 0 Å². The van der Waals surface area contributed by atoms with E-state index in [1.807, 2.05) is 4.90 Å². The van der Waals surface area contributed by atoms with E-state index < -0.39 is 6.51 Å². The number of quaternary nitrogens is 1. The summed E-state index contributed by atoms with van der Waals surface area (Å²) in [5, 5.41) is 0. The zero-order valence-electron chi connectivity index (χ0n) is 18.3. The third-order valence-corrected chi connectivity index (χ3v) is 62.0. The van der Waals surface area contributed by atoms with Gasteiger partial charge in [0.1, 0.15) is 0 Å². The number of unbranched alkanes of at least 4 members (excludes halogenated alkanes) is 8. The quantitative estimate of drug-likeness (QED) is 0.296. The van der Waals surface area contributed by atoms with Crippen LogP contribution < -0.4 is 21.9 Å². The van der Waals surface area contributed by atoms with E-state index in [2.05, 4.69) is 21.0 Å². The average Bonchev–Trinajstić information content (AvgIpc) is 3.59. The molecule has 0 amide bonds. The van der Waals surface area contributed by atoms with Gasteiger partial charge in [0, 0.05) is 0 Å². The van der Waals surface area contributed by atoms with Gasteiger partial charge in [-0.05, 0) is 0 Å². The van der Waals surface area contributed by atoms with Crippen molar-refractivity contribution in [3.63, 3.8) is 0 Å². The molecule has 0 aromatic carbocycles. The van der Waals surface area contributed by atoms with Gasteiger partial charge in [0.2, 0.25) is 0 Å². The number of hydrogen-bond acceptors (Lipinski definition) is 0. The van der Waals surface area contributed by atoms with Crippen LogP contribution in [-0.2, 0) is 6.51 Å². The molecule has 28 heavy (non-hydrogen) atoms. The summed E-state index contributed by atoms with van der Waals surface area (Å²) < 4.78 is 1.17. The van der Waals surface area contributed by atoms with Crippen molar-refractivity contribution in [1.82, 2.24) is 0 Å². The third-order valence-electron chi connectivity index (χ3n) is 19.0. The molecule has 0 aromatic heterocycles. The minimum Gasteiger partial charge on any atom is -1.00 e. The molecule has 0 saturated carbocycles. The molecule has 10 heterocycles. The largest absolute Gasteiger partial charge is 1.00 e. The van der Waals surface area contributed by atoms with E-state index in [0.717, 1.165) is 6.04 Å². The van der Waals surface area contributed by atoms with Gasteiger partial charge in [-0.3, -0.25) is 0 Å². The summed E-state index contributed by atoms with van der Waals surface area (Å²) in [6.45, 7) is -0.476. The van der Waals surface area contributed by atoms with Gasteiger partial charge in [-0.25, -0.2) is 0 Å². The van der Waals surface area contributed by atoms with Crippen molar-refractivity contribution in [1.29, 1.82) is 0 Å². The Bertz CT molecular complexity index is 1030. The smallest absolute Gasteiger partial charge is 1.00 e. The predicted octanol–water partition coefficient (Wildman–Crippen LogP) is 3.57. The summed E-state index contributed by atoms with van der Waals surface area (Å²) in [6.07, 6.45) is 16.7.